The average molecular weight is 285 g/mol. The van der Waals surface area contributed by atoms with Crippen molar-refractivity contribution in [1.82, 2.24) is 0 Å². The number of halogens is 1. The molecule has 1 N–H and O–H groups in total. The second-order valence-electron chi connectivity index (χ2n) is 5.85. The second kappa shape index (κ2) is 5.49. The SMILES string of the molecule is Cc1cc(F)ccc1CC(O)c1ccc2c(c1)CCN2C. The minimum absolute atomic E-state index is 0.230. The van der Waals surface area contributed by atoms with Gasteiger partial charge in [-0.15, -0.1) is 0 Å². The van der Waals surface area contributed by atoms with E-state index < -0.39 is 6.10 Å². The zero-order valence-corrected chi connectivity index (χ0v) is 12.4. The molecule has 1 atom stereocenters. The van der Waals surface area contributed by atoms with Crippen LogP contribution in [-0.2, 0) is 12.8 Å². The predicted molar refractivity (Wildman–Crippen MR) is 83.2 cm³/mol. The van der Waals surface area contributed by atoms with Crippen LogP contribution in [0.4, 0.5) is 10.1 Å². The highest BCUT2D eigenvalue weighted by Crippen LogP contribution is 2.30. The van der Waals surface area contributed by atoms with Crippen molar-refractivity contribution in [2.75, 3.05) is 18.5 Å². The van der Waals surface area contributed by atoms with Gasteiger partial charge in [0.1, 0.15) is 5.82 Å². The van der Waals surface area contributed by atoms with Gasteiger partial charge in [-0.05, 0) is 53.8 Å². The summed E-state index contributed by atoms with van der Waals surface area (Å²) >= 11 is 0. The molecule has 3 rings (SSSR count). The van der Waals surface area contributed by atoms with Crippen LogP contribution in [0.3, 0.4) is 0 Å². The van der Waals surface area contributed by atoms with Gasteiger partial charge in [-0.3, -0.25) is 0 Å². The lowest BCUT2D eigenvalue weighted by Crippen LogP contribution is -2.12. The van der Waals surface area contributed by atoms with Gasteiger partial charge in [0, 0.05) is 25.7 Å². The zero-order chi connectivity index (χ0) is 15.0. The van der Waals surface area contributed by atoms with Gasteiger partial charge in [0.05, 0.1) is 6.10 Å². The lowest BCUT2D eigenvalue weighted by molar-refractivity contribution is 0.178. The number of hydrogen-bond acceptors (Lipinski definition) is 2. The van der Waals surface area contributed by atoms with Crippen LogP contribution in [0.2, 0.25) is 0 Å². The molecule has 0 spiro atoms. The quantitative estimate of drug-likeness (QED) is 0.934. The lowest BCUT2D eigenvalue weighted by Gasteiger charge is -2.16. The Kier molecular flexibility index (Phi) is 3.68. The van der Waals surface area contributed by atoms with Gasteiger partial charge < -0.3 is 10.0 Å². The molecular formula is C18H20FNO. The maximum atomic E-state index is 13.1. The molecule has 0 aliphatic carbocycles. The summed E-state index contributed by atoms with van der Waals surface area (Å²) in [5, 5.41) is 10.5. The third kappa shape index (κ3) is 2.79. The summed E-state index contributed by atoms with van der Waals surface area (Å²) in [6, 6.07) is 10.9. The van der Waals surface area contributed by atoms with Crippen LogP contribution >= 0.6 is 0 Å². The Labute approximate surface area is 124 Å². The van der Waals surface area contributed by atoms with E-state index in [2.05, 4.69) is 24.1 Å². The Morgan fingerprint density at radius 3 is 2.81 bits per heavy atom. The highest BCUT2D eigenvalue weighted by atomic mass is 19.1. The average Bonchev–Trinajstić information content (AvgIpc) is 2.83. The zero-order valence-electron chi connectivity index (χ0n) is 12.4. The van der Waals surface area contributed by atoms with Gasteiger partial charge in [-0.1, -0.05) is 18.2 Å². The van der Waals surface area contributed by atoms with E-state index in [1.165, 1.54) is 23.4 Å². The summed E-state index contributed by atoms with van der Waals surface area (Å²) in [5.74, 6) is -0.230. The van der Waals surface area contributed by atoms with Crippen molar-refractivity contribution in [2.45, 2.75) is 25.9 Å². The first-order chi connectivity index (χ1) is 10.0. The van der Waals surface area contributed by atoms with Crippen LogP contribution in [0.5, 0.6) is 0 Å². The highest BCUT2D eigenvalue weighted by molar-refractivity contribution is 5.58. The Balaban J connectivity index is 1.81. The van der Waals surface area contributed by atoms with E-state index in [9.17, 15) is 9.50 Å². The van der Waals surface area contributed by atoms with Crippen LogP contribution in [0, 0.1) is 12.7 Å². The van der Waals surface area contributed by atoms with E-state index in [-0.39, 0.29) is 5.82 Å². The van der Waals surface area contributed by atoms with Gasteiger partial charge in [0.15, 0.2) is 0 Å². The van der Waals surface area contributed by atoms with Gasteiger partial charge in [-0.25, -0.2) is 4.39 Å². The normalized spacial score (nSPS) is 15.1. The Morgan fingerprint density at radius 2 is 2.05 bits per heavy atom. The number of anilines is 1. The van der Waals surface area contributed by atoms with Crippen molar-refractivity contribution in [3.05, 3.63) is 64.5 Å². The van der Waals surface area contributed by atoms with E-state index >= 15 is 0 Å². The van der Waals surface area contributed by atoms with Gasteiger partial charge in [-0.2, -0.15) is 0 Å². The first-order valence-electron chi connectivity index (χ1n) is 7.31. The first kappa shape index (κ1) is 14.1. The number of rotatable bonds is 3. The molecule has 2 nitrogen and oxygen atoms in total. The largest absolute Gasteiger partial charge is 0.388 e. The minimum Gasteiger partial charge on any atom is -0.388 e. The van der Waals surface area contributed by atoms with Crippen molar-refractivity contribution in [3.63, 3.8) is 0 Å². The molecule has 0 amide bonds. The van der Waals surface area contributed by atoms with Crippen LogP contribution in [-0.4, -0.2) is 18.7 Å². The third-order valence-corrected chi connectivity index (χ3v) is 4.33. The van der Waals surface area contributed by atoms with Crippen LogP contribution in [0.25, 0.3) is 0 Å². The summed E-state index contributed by atoms with van der Waals surface area (Å²) in [6.07, 6.45) is 0.994. The van der Waals surface area contributed by atoms with Crippen LogP contribution in [0.15, 0.2) is 36.4 Å². The molecule has 1 unspecified atom stereocenters. The van der Waals surface area contributed by atoms with Crippen LogP contribution < -0.4 is 4.90 Å². The van der Waals surface area contributed by atoms with Crippen LogP contribution in [0.1, 0.15) is 28.4 Å². The topological polar surface area (TPSA) is 23.5 Å². The number of aliphatic hydroxyl groups excluding tert-OH is 1. The third-order valence-electron chi connectivity index (χ3n) is 4.33. The summed E-state index contributed by atoms with van der Waals surface area (Å²) in [7, 11) is 2.09. The number of nitrogens with zero attached hydrogens (tertiary/aromatic N) is 1. The first-order valence-corrected chi connectivity index (χ1v) is 7.31. The fraction of sp³-hybridized carbons (Fsp3) is 0.333. The number of fused-ring (bicyclic) bond motifs is 1. The molecule has 3 heteroatoms. The van der Waals surface area contributed by atoms with Gasteiger partial charge >= 0.3 is 0 Å². The van der Waals surface area contributed by atoms with Crippen molar-refractivity contribution in [2.24, 2.45) is 0 Å². The fourth-order valence-corrected chi connectivity index (χ4v) is 3.01. The fourth-order valence-electron chi connectivity index (χ4n) is 3.01. The highest BCUT2D eigenvalue weighted by Gasteiger charge is 2.18. The molecule has 21 heavy (non-hydrogen) atoms. The summed E-state index contributed by atoms with van der Waals surface area (Å²) in [4.78, 5) is 2.23. The van der Waals surface area contributed by atoms with Crippen molar-refractivity contribution in [1.29, 1.82) is 0 Å². The molecular weight excluding hydrogens is 265 g/mol. The summed E-state index contributed by atoms with van der Waals surface area (Å²) in [6.45, 7) is 2.91. The molecule has 0 saturated heterocycles. The van der Waals surface area contributed by atoms with Crippen molar-refractivity contribution < 1.29 is 9.50 Å². The van der Waals surface area contributed by atoms with Crippen molar-refractivity contribution in [3.8, 4) is 0 Å². The summed E-state index contributed by atoms with van der Waals surface area (Å²) in [5.41, 5.74) is 5.36. The van der Waals surface area contributed by atoms with Crippen molar-refractivity contribution >= 4 is 5.69 Å². The standard InChI is InChI=1S/C18H20FNO/c1-12-9-16(19)5-3-13(12)11-18(21)15-4-6-17-14(10-15)7-8-20(17)2/h3-6,9-10,18,21H,7-8,11H2,1-2H3. The Morgan fingerprint density at radius 1 is 1.24 bits per heavy atom. The van der Waals surface area contributed by atoms with E-state index in [4.69, 9.17) is 0 Å². The Bertz CT molecular complexity index is 668. The number of benzene rings is 2. The molecule has 0 fully saturated rings. The number of hydrogen-bond donors (Lipinski definition) is 1. The van der Waals surface area contributed by atoms with E-state index in [1.807, 2.05) is 13.0 Å². The predicted octanol–water partition coefficient (Wildman–Crippen LogP) is 3.40. The van der Waals surface area contributed by atoms with Gasteiger partial charge in [0.25, 0.3) is 0 Å². The molecule has 0 aromatic heterocycles. The van der Waals surface area contributed by atoms with E-state index in [0.29, 0.717) is 6.42 Å². The molecule has 1 aliphatic rings. The monoisotopic (exact) mass is 285 g/mol. The molecule has 0 bridgehead atoms. The lowest BCUT2D eigenvalue weighted by atomic mass is 9.96. The molecule has 1 aliphatic heterocycles. The molecule has 0 saturated carbocycles. The van der Waals surface area contributed by atoms with Gasteiger partial charge in [0.2, 0.25) is 0 Å². The smallest absolute Gasteiger partial charge is 0.123 e. The number of likely N-dealkylation sites (N-methyl/N-ethyl adjacent to an activating group) is 1. The minimum atomic E-state index is -0.551. The second-order valence-corrected chi connectivity index (χ2v) is 5.85. The van der Waals surface area contributed by atoms with E-state index in [1.54, 1.807) is 6.07 Å². The molecule has 0 radical (unpaired) electrons. The van der Waals surface area contributed by atoms with E-state index in [0.717, 1.165) is 29.7 Å². The maximum Gasteiger partial charge on any atom is 0.123 e. The molecule has 2 aromatic rings. The molecule has 110 valence electrons. The summed E-state index contributed by atoms with van der Waals surface area (Å²) < 4.78 is 13.1. The Hall–Kier alpha value is -1.87. The molecule has 1 heterocycles. The number of aliphatic hydroxyl groups is 1. The maximum absolute atomic E-state index is 13.1. The number of aryl methyl sites for hydroxylation is 1. The molecule has 2 aromatic carbocycles.